The van der Waals surface area contributed by atoms with E-state index < -0.39 is 29.4 Å². The van der Waals surface area contributed by atoms with Crippen LogP contribution in [0.25, 0.3) is 0 Å². The molecule has 10 heteroatoms. The summed E-state index contributed by atoms with van der Waals surface area (Å²) in [5, 5.41) is 0.273. The molecule has 1 rings (SSSR count). The minimum absolute atomic E-state index is 0.0544. The predicted octanol–water partition coefficient (Wildman–Crippen LogP) is 1.78. The molecule has 0 saturated carbocycles. The molecule has 0 spiro atoms. The fourth-order valence-corrected chi connectivity index (χ4v) is 2.58. The number of nitrogen functional groups attached to an aromatic ring is 1. The van der Waals surface area contributed by atoms with Gasteiger partial charge < -0.3 is 10.5 Å². The van der Waals surface area contributed by atoms with Gasteiger partial charge in [0.15, 0.2) is 0 Å². The van der Waals surface area contributed by atoms with E-state index in [1.807, 2.05) is 0 Å². The van der Waals surface area contributed by atoms with Crippen LogP contribution in [0.4, 0.5) is 18.9 Å². The second-order valence-electron chi connectivity index (χ2n) is 3.75. The van der Waals surface area contributed by atoms with Crippen LogP contribution in [0.1, 0.15) is 0 Å². The van der Waals surface area contributed by atoms with E-state index in [-0.39, 0.29) is 22.2 Å². The average molecular weight is 333 g/mol. The van der Waals surface area contributed by atoms with E-state index in [0.29, 0.717) is 0 Å². The average Bonchev–Trinajstić information content (AvgIpc) is 2.26. The first kappa shape index (κ1) is 17.0. The van der Waals surface area contributed by atoms with Crippen molar-refractivity contribution in [2.24, 2.45) is 0 Å². The molecule has 0 heterocycles. The van der Waals surface area contributed by atoms with Crippen LogP contribution in [-0.4, -0.2) is 34.4 Å². The van der Waals surface area contributed by atoms with E-state index in [4.69, 9.17) is 17.3 Å². The van der Waals surface area contributed by atoms with Gasteiger partial charge in [-0.2, -0.15) is 13.2 Å². The van der Waals surface area contributed by atoms with E-state index in [1.165, 1.54) is 18.2 Å². The zero-order valence-corrected chi connectivity index (χ0v) is 11.6. The molecule has 0 aliphatic rings. The van der Waals surface area contributed by atoms with Crippen LogP contribution >= 0.6 is 11.6 Å². The number of anilines is 1. The number of nitrogens with two attached hydrogens (primary N) is 1. The van der Waals surface area contributed by atoms with Crippen molar-refractivity contribution < 1.29 is 26.3 Å². The summed E-state index contributed by atoms with van der Waals surface area (Å²) in [6, 6.07) is 3.81. The van der Waals surface area contributed by atoms with Crippen molar-refractivity contribution in [3.05, 3.63) is 23.2 Å². The van der Waals surface area contributed by atoms with Crippen molar-refractivity contribution in [2.75, 3.05) is 25.5 Å². The lowest BCUT2D eigenvalue weighted by molar-refractivity contribution is -0.173. The fraction of sp³-hybridized carbons (Fsp3) is 0.400. The third-order valence-electron chi connectivity index (χ3n) is 2.07. The Morgan fingerprint density at radius 1 is 1.35 bits per heavy atom. The van der Waals surface area contributed by atoms with E-state index in [1.54, 1.807) is 0 Å². The Morgan fingerprint density at radius 2 is 2.00 bits per heavy atom. The Kier molecular flexibility index (Phi) is 5.63. The highest BCUT2D eigenvalue weighted by atomic mass is 35.5. The maximum absolute atomic E-state index is 11.8. The number of sulfonamides is 1. The monoisotopic (exact) mass is 332 g/mol. The van der Waals surface area contributed by atoms with E-state index in [9.17, 15) is 21.6 Å². The van der Waals surface area contributed by atoms with Gasteiger partial charge in [-0.1, -0.05) is 11.6 Å². The molecule has 0 fully saturated rings. The first-order chi connectivity index (χ1) is 9.12. The first-order valence-electron chi connectivity index (χ1n) is 5.31. The first-order valence-corrected chi connectivity index (χ1v) is 7.17. The van der Waals surface area contributed by atoms with Crippen molar-refractivity contribution in [1.29, 1.82) is 0 Å². The molecular weight excluding hydrogens is 321 g/mol. The normalized spacial score (nSPS) is 12.6. The van der Waals surface area contributed by atoms with Crippen LogP contribution in [0.15, 0.2) is 23.1 Å². The molecule has 0 aliphatic heterocycles. The minimum Gasteiger partial charge on any atom is -0.398 e. The highest BCUT2D eigenvalue weighted by Gasteiger charge is 2.27. The third-order valence-corrected chi connectivity index (χ3v) is 3.84. The van der Waals surface area contributed by atoms with Crippen LogP contribution in [-0.2, 0) is 14.8 Å². The molecule has 1 aromatic carbocycles. The molecule has 1 aromatic rings. The molecule has 0 saturated heterocycles. The molecule has 5 nitrogen and oxygen atoms in total. The number of nitrogens with one attached hydrogen (secondary N) is 1. The summed E-state index contributed by atoms with van der Waals surface area (Å²) >= 11 is 5.63. The zero-order chi connectivity index (χ0) is 15.4. The Bertz CT molecular complexity index is 563. The van der Waals surface area contributed by atoms with E-state index >= 15 is 0 Å². The number of halogens is 4. The van der Waals surface area contributed by atoms with Gasteiger partial charge in [0.25, 0.3) is 0 Å². The molecule has 0 aliphatic carbocycles. The van der Waals surface area contributed by atoms with Gasteiger partial charge in [-0.05, 0) is 18.2 Å². The molecule has 0 unspecified atom stereocenters. The summed E-state index contributed by atoms with van der Waals surface area (Å²) in [5.41, 5.74) is 5.46. The molecule has 20 heavy (non-hydrogen) atoms. The number of ether oxygens (including phenoxy) is 1. The third kappa shape index (κ3) is 5.53. The molecule has 114 valence electrons. The lowest BCUT2D eigenvalue weighted by atomic mass is 10.3. The number of rotatable bonds is 6. The Morgan fingerprint density at radius 3 is 2.55 bits per heavy atom. The summed E-state index contributed by atoms with van der Waals surface area (Å²) in [4.78, 5) is -0.197. The predicted molar refractivity (Wildman–Crippen MR) is 67.9 cm³/mol. The van der Waals surface area contributed by atoms with Crippen molar-refractivity contribution in [3.8, 4) is 0 Å². The van der Waals surface area contributed by atoms with Crippen LogP contribution in [0, 0.1) is 0 Å². The van der Waals surface area contributed by atoms with Crippen molar-refractivity contribution in [1.82, 2.24) is 4.72 Å². The van der Waals surface area contributed by atoms with E-state index in [2.05, 4.69) is 9.46 Å². The summed E-state index contributed by atoms with van der Waals surface area (Å²) in [7, 11) is -3.92. The summed E-state index contributed by atoms with van der Waals surface area (Å²) < 4.78 is 65.3. The summed E-state index contributed by atoms with van der Waals surface area (Å²) in [6.45, 7) is -2.15. The van der Waals surface area contributed by atoms with E-state index in [0.717, 1.165) is 0 Å². The van der Waals surface area contributed by atoms with Crippen molar-refractivity contribution in [3.63, 3.8) is 0 Å². The summed E-state index contributed by atoms with van der Waals surface area (Å²) in [5.74, 6) is 0. The van der Waals surface area contributed by atoms with Crippen molar-refractivity contribution in [2.45, 2.75) is 11.1 Å². The maximum Gasteiger partial charge on any atom is 0.411 e. The second-order valence-corrected chi connectivity index (χ2v) is 5.92. The number of hydrogen-bond acceptors (Lipinski definition) is 4. The Balaban J connectivity index is 2.54. The van der Waals surface area contributed by atoms with Crippen LogP contribution in [0.2, 0.25) is 5.02 Å². The molecule has 0 radical (unpaired) electrons. The number of benzene rings is 1. The van der Waals surface area contributed by atoms with Gasteiger partial charge in [0, 0.05) is 11.6 Å². The van der Waals surface area contributed by atoms with Crippen molar-refractivity contribution >= 4 is 27.3 Å². The maximum atomic E-state index is 11.8. The minimum atomic E-state index is -4.44. The Labute approximate surface area is 118 Å². The van der Waals surface area contributed by atoms with Gasteiger partial charge >= 0.3 is 6.18 Å². The second kappa shape index (κ2) is 6.61. The van der Waals surface area contributed by atoms with Crippen LogP contribution in [0.3, 0.4) is 0 Å². The molecule has 0 amide bonds. The highest BCUT2D eigenvalue weighted by molar-refractivity contribution is 7.89. The van der Waals surface area contributed by atoms with Gasteiger partial charge in [-0.25, -0.2) is 13.1 Å². The van der Waals surface area contributed by atoms with Crippen LogP contribution in [0.5, 0.6) is 0 Å². The SMILES string of the molecule is Nc1cc(Cl)ccc1S(=O)(=O)NCCOCC(F)(F)F. The molecule has 0 aromatic heterocycles. The van der Waals surface area contributed by atoms with Gasteiger partial charge in [0.05, 0.1) is 12.3 Å². The number of hydrogen-bond donors (Lipinski definition) is 2. The molecule has 0 atom stereocenters. The van der Waals surface area contributed by atoms with Crippen LogP contribution < -0.4 is 10.5 Å². The van der Waals surface area contributed by atoms with Gasteiger partial charge in [0.1, 0.15) is 11.5 Å². The quantitative estimate of drug-likeness (QED) is 0.614. The largest absolute Gasteiger partial charge is 0.411 e. The standard InChI is InChI=1S/C10H12ClF3N2O3S/c11-7-1-2-9(8(15)5-7)20(17,18)16-3-4-19-6-10(12,13)14/h1-2,5,16H,3-4,6,15H2. The topological polar surface area (TPSA) is 81.4 Å². The lowest BCUT2D eigenvalue weighted by Crippen LogP contribution is -2.29. The molecule has 3 N–H and O–H groups in total. The fourth-order valence-electron chi connectivity index (χ4n) is 1.28. The summed E-state index contributed by atoms with van der Waals surface area (Å²) in [6.07, 6.45) is -4.44. The van der Waals surface area contributed by atoms with Gasteiger partial charge in [-0.15, -0.1) is 0 Å². The number of alkyl halides is 3. The Hall–Kier alpha value is -1.03. The molecular formula is C10H12ClF3N2O3S. The van der Waals surface area contributed by atoms with Gasteiger partial charge in [-0.3, -0.25) is 0 Å². The zero-order valence-electron chi connectivity index (χ0n) is 10.1. The smallest absolute Gasteiger partial charge is 0.398 e. The van der Waals surface area contributed by atoms with Gasteiger partial charge in [0.2, 0.25) is 10.0 Å². The highest BCUT2D eigenvalue weighted by Crippen LogP contribution is 2.22. The molecule has 0 bridgehead atoms. The lowest BCUT2D eigenvalue weighted by Gasteiger charge is -2.10.